The minimum Gasteiger partial charge on any atom is -1.00 e. The van der Waals surface area contributed by atoms with Gasteiger partial charge in [0.15, 0.2) is 0 Å². The zero-order valence-electron chi connectivity index (χ0n) is 16.1. The molecule has 2 nitrogen and oxygen atoms in total. The fourth-order valence-electron chi connectivity index (χ4n) is 3.80. The number of anilines is 1. The van der Waals surface area contributed by atoms with Crippen molar-refractivity contribution in [3.63, 3.8) is 0 Å². The lowest BCUT2D eigenvalue weighted by molar-refractivity contribution is -0.642. The van der Waals surface area contributed by atoms with E-state index in [0.29, 0.717) is 5.92 Å². The number of hydrogen-bond acceptors (Lipinski definition) is 3. The average molecular weight is 518 g/mol. The molecule has 5 heteroatoms. The van der Waals surface area contributed by atoms with E-state index in [1.165, 1.54) is 55.7 Å². The molecular weight excluding hydrogens is 495 g/mol. The molecule has 0 saturated heterocycles. The molecule has 0 N–H and O–H groups in total. The number of benzene rings is 2. The van der Waals surface area contributed by atoms with Crippen molar-refractivity contribution in [2.45, 2.75) is 24.2 Å². The molecule has 1 aromatic heterocycles. The molecule has 1 aliphatic carbocycles. The maximum Gasteiger partial charge on any atom is 0.262 e. The Bertz CT molecular complexity index is 1080. The van der Waals surface area contributed by atoms with Crippen LogP contribution in [0.15, 0.2) is 70.1 Å². The number of rotatable bonds is 3. The highest BCUT2D eigenvalue weighted by atomic mass is 127. The Labute approximate surface area is 192 Å². The normalized spacial score (nSPS) is 18.3. The van der Waals surface area contributed by atoms with Crippen LogP contribution in [0, 0.1) is 5.92 Å². The first-order chi connectivity index (χ1) is 13.2. The first-order valence-corrected chi connectivity index (χ1v) is 11.2. The smallest absolute Gasteiger partial charge is 0.262 e. The Morgan fingerprint density at radius 2 is 1.86 bits per heavy atom. The van der Waals surface area contributed by atoms with Crippen molar-refractivity contribution in [3.8, 4) is 0 Å². The molecule has 0 radical (unpaired) electrons. The van der Waals surface area contributed by atoms with Gasteiger partial charge in [-0.05, 0) is 48.6 Å². The summed E-state index contributed by atoms with van der Waals surface area (Å²) in [4.78, 5) is 3.68. The van der Waals surface area contributed by atoms with Crippen LogP contribution in [0.25, 0.3) is 16.3 Å². The van der Waals surface area contributed by atoms with Crippen molar-refractivity contribution in [2.24, 2.45) is 13.0 Å². The Morgan fingerprint density at radius 1 is 1.11 bits per heavy atom. The van der Waals surface area contributed by atoms with Crippen LogP contribution in [0.2, 0.25) is 0 Å². The largest absolute Gasteiger partial charge is 1.00 e. The van der Waals surface area contributed by atoms with Gasteiger partial charge in [-0.3, -0.25) is 0 Å². The predicted molar refractivity (Wildman–Crippen MR) is 117 cm³/mol. The van der Waals surface area contributed by atoms with Crippen molar-refractivity contribution in [1.29, 1.82) is 0 Å². The zero-order chi connectivity index (χ0) is 18.4. The molecule has 3 aromatic rings. The SMILES string of the molecule is CN1/C(=C/C(=C/c2sc3ccccc3[n+]2C)C2CCC2)Sc2ccccc21.[I-]. The van der Waals surface area contributed by atoms with Gasteiger partial charge in [-0.25, -0.2) is 0 Å². The molecule has 144 valence electrons. The van der Waals surface area contributed by atoms with Gasteiger partial charge in [0, 0.05) is 24.1 Å². The maximum atomic E-state index is 2.43. The lowest BCUT2D eigenvalue weighted by Gasteiger charge is -2.27. The molecule has 0 unspecified atom stereocenters. The summed E-state index contributed by atoms with van der Waals surface area (Å²) in [5.74, 6) is 0.695. The van der Waals surface area contributed by atoms with E-state index in [1.807, 2.05) is 23.1 Å². The van der Waals surface area contributed by atoms with E-state index < -0.39 is 0 Å². The monoisotopic (exact) mass is 518 g/mol. The molecule has 2 aliphatic rings. The van der Waals surface area contributed by atoms with Gasteiger partial charge >= 0.3 is 0 Å². The Hall–Kier alpha value is -1.31. The summed E-state index contributed by atoms with van der Waals surface area (Å²) >= 11 is 3.77. The second kappa shape index (κ2) is 8.20. The zero-order valence-corrected chi connectivity index (χ0v) is 19.9. The van der Waals surface area contributed by atoms with E-state index in [0.717, 1.165) is 0 Å². The summed E-state index contributed by atoms with van der Waals surface area (Å²) in [5, 5.41) is 2.66. The van der Waals surface area contributed by atoms with Crippen molar-refractivity contribution in [1.82, 2.24) is 0 Å². The molecule has 28 heavy (non-hydrogen) atoms. The van der Waals surface area contributed by atoms with Crippen LogP contribution < -0.4 is 33.4 Å². The van der Waals surface area contributed by atoms with Crippen LogP contribution in [0.1, 0.15) is 24.3 Å². The molecule has 1 aliphatic heterocycles. The predicted octanol–water partition coefficient (Wildman–Crippen LogP) is 3.00. The van der Waals surface area contributed by atoms with Gasteiger partial charge in [0.25, 0.3) is 5.01 Å². The highest BCUT2D eigenvalue weighted by Crippen LogP contribution is 2.46. The van der Waals surface area contributed by atoms with Crippen molar-refractivity contribution < 1.29 is 28.5 Å². The summed E-state index contributed by atoms with van der Waals surface area (Å²) in [7, 11) is 4.37. The number of fused-ring (bicyclic) bond motifs is 2. The molecule has 0 atom stereocenters. The Balaban J connectivity index is 0.00000192. The van der Waals surface area contributed by atoms with Crippen molar-refractivity contribution in [2.75, 3.05) is 11.9 Å². The third-order valence-electron chi connectivity index (χ3n) is 5.70. The second-order valence-electron chi connectivity index (χ2n) is 7.35. The summed E-state index contributed by atoms with van der Waals surface area (Å²) in [6.45, 7) is 0. The molecule has 0 amide bonds. The van der Waals surface area contributed by atoms with E-state index in [4.69, 9.17) is 0 Å². The lowest BCUT2D eigenvalue weighted by Crippen LogP contribution is -3.00. The van der Waals surface area contributed by atoms with Gasteiger partial charge in [-0.15, -0.1) is 0 Å². The number of aromatic nitrogens is 1. The highest BCUT2D eigenvalue weighted by molar-refractivity contribution is 8.03. The molecule has 1 fully saturated rings. The van der Waals surface area contributed by atoms with Crippen LogP contribution in [0.5, 0.6) is 0 Å². The molecule has 2 aromatic carbocycles. The van der Waals surface area contributed by atoms with Crippen molar-refractivity contribution >= 4 is 45.1 Å². The highest BCUT2D eigenvalue weighted by Gasteiger charge is 2.27. The topological polar surface area (TPSA) is 7.12 Å². The number of para-hydroxylation sites is 2. The Kier molecular flexibility index (Phi) is 5.86. The quantitative estimate of drug-likeness (QED) is 0.389. The number of thiazole rings is 1. The first-order valence-electron chi connectivity index (χ1n) is 9.52. The molecular formula is C23H23IN2S2. The molecule has 0 bridgehead atoms. The molecule has 2 heterocycles. The van der Waals surface area contributed by atoms with E-state index in [-0.39, 0.29) is 24.0 Å². The fourth-order valence-corrected chi connectivity index (χ4v) is 6.02. The van der Waals surface area contributed by atoms with Gasteiger partial charge in [0.2, 0.25) is 5.52 Å². The fraction of sp³-hybridized carbons (Fsp3) is 0.261. The van der Waals surface area contributed by atoms with Gasteiger partial charge in [0.1, 0.15) is 11.7 Å². The number of aryl methyl sites for hydroxylation is 1. The molecule has 0 spiro atoms. The molecule has 1 saturated carbocycles. The maximum absolute atomic E-state index is 2.43. The lowest BCUT2D eigenvalue weighted by atomic mass is 9.79. The number of nitrogens with zero attached hydrogens (tertiary/aromatic N) is 2. The third-order valence-corrected chi connectivity index (χ3v) is 8.03. The van der Waals surface area contributed by atoms with Crippen molar-refractivity contribution in [3.05, 3.63) is 70.2 Å². The summed E-state index contributed by atoms with van der Waals surface area (Å²) in [6, 6.07) is 17.4. The summed E-state index contributed by atoms with van der Waals surface area (Å²) in [5.41, 5.74) is 4.11. The van der Waals surface area contributed by atoms with Crippen LogP contribution in [-0.2, 0) is 7.05 Å². The summed E-state index contributed by atoms with van der Waals surface area (Å²) < 4.78 is 3.68. The van der Waals surface area contributed by atoms with E-state index in [9.17, 15) is 0 Å². The van der Waals surface area contributed by atoms with Crippen LogP contribution in [-0.4, -0.2) is 7.05 Å². The van der Waals surface area contributed by atoms with Gasteiger partial charge < -0.3 is 28.9 Å². The van der Waals surface area contributed by atoms with Crippen LogP contribution in [0.3, 0.4) is 0 Å². The Morgan fingerprint density at radius 3 is 2.57 bits per heavy atom. The molecule has 5 rings (SSSR count). The standard InChI is InChI=1S/C23H23N2S2.HI/c1-24-18-10-3-5-12-20(18)26-22(24)14-17(16-8-7-9-16)15-23-25(2)19-11-4-6-13-21(19)27-23;/h3-6,10-16H,7-9H2,1-2H3;1H/q+1;/p-1. The van der Waals surface area contributed by atoms with Gasteiger partial charge in [-0.1, -0.05) is 53.8 Å². The number of thioether (sulfide) groups is 1. The van der Waals surface area contributed by atoms with E-state index in [1.54, 1.807) is 0 Å². The van der Waals surface area contributed by atoms with E-state index >= 15 is 0 Å². The number of halogens is 1. The summed E-state index contributed by atoms with van der Waals surface area (Å²) in [6.07, 6.45) is 8.84. The number of allylic oxidation sites excluding steroid dienone is 2. The average Bonchev–Trinajstić information content (AvgIpc) is 3.12. The second-order valence-corrected chi connectivity index (χ2v) is 9.48. The van der Waals surface area contributed by atoms with Crippen LogP contribution >= 0.6 is 23.1 Å². The van der Waals surface area contributed by atoms with Crippen LogP contribution in [0.4, 0.5) is 5.69 Å². The van der Waals surface area contributed by atoms with Gasteiger partial charge in [0.05, 0.1) is 10.7 Å². The van der Waals surface area contributed by atoms with Gasteiger partial charge in [-0.2, -0.15) is 4.57 Å². The van der Waals surface area contributed by atoms with E-state index in [2.05, 4.69) is 84.2 Å². The minimum absolute atomic E-state index is 0. The first kappa shape index (κ1) is 20.0. The third kappa shape index (κ3) is 3.53. The number of hydrogen-bond donors (Lipinski definition) is 0. The minimum atomic E-state index is 0.